The fourth-order valence-corrected chi connectivity index (χ4v) is 1.74. The van der Waals surface area contributed by atoms with E-state index in [1.165, 1.54) is 12.1 Å². The van der Waals surface area contributed by atoms with Crippen molar-refractivity contribution < 1.29 is 14.0 Å². The van der Waals surface area contributed by atoms with Gasteiger partial charge in [-0.3, -0.25) is 0 Å². The van der Waals surface area contributed by atoms with Crippen LogP contribution in [-0.2, 0) is 0 Å². The number of aromatic hydroxyl groups is 1. The van der Waals surface area contributed by atoms with Gasteiger partial charge in [-0.2, -0.15) is 0 Å². The van der Waals surface area contributed by atoms with Crippen molar-refractivity contribution in [1.82, 2.24) is 5.16 Å². The van der Waals surface area contributed by atoms with Crippen LogP contribution >= 0.6 is 0 Å². The molecule has 0 fully saturated rings. The topological polar surface area (TPSA) is 46.3 Å². The van der Waals surface area contributed by atoms with Gasteiger partial charge in [-0.05, 0) is 42.5 Å². The first-order valence-electron chi connectivity index (χ1n) is 5.08. The Labute approximate surface area is 96.1 Å². The number of hydrogen-bond donors (Lipinski definition) is 1. The Morgan fingerprint density at radius 1 is 1.06 bits per heavy atom. The Hall–Kier alpha value is -2.36. The highest BCUT2D eigenvalue weighted by atomic mass is 19.1. The number of phenolic OH excluding ortho intramolecular Hbond substituents is 1. The number of rotatable bonds is 1. The van der Waals surface area contributed by atoms with Crippen molar-refractivity contribution in [3.63, 3.8) is 0 Å². The molecule has 0 saturated heterocycles. The second-order valence-electron chi connectivity index (χ2n) is 3.72. The molecular weight excluding hydrogens is 221 g/mol. The molecule has 4 heteroatoms. The minimum atomic E-state index is -0.305. The van der Waals surface area contributed by atoms with Crippen molar-refractivity contribution in [2.24, 2.45) is 0 Å². The van der Waals surface area contributed by atoms with Crippen molar-refractivity contribution in [3.05, 3.63) is 48.3 Å². The van der Waals surface area contributed by atoms with Crippen LogP contribution < -0.4 is 0 Å². The number of hydrogen-bond acceptors (Lipinski definition) is 3. The van der Waals surface area contributed by atoms with E-state index in [2.05, 4.69) is 5.16 Å². The number of aromatic nitrogens is 1. The highest BCUT2D eigenvalue weighted by Gasteiger charge is 2.11. The summed E-state index contributed by atoms with van der Waals surface area (Å²) >= 11 is 0. The molecule has 0 amide bonds. The third-order valence-corrected chi connectivity index (χ3v) is 2.57. The number of benzene rings is 2. The maximum Gasteiger partial charge on any atom is 0.174 e. The summed E-state index contributed by atoms with van der Waals surface area (Å²) in [4.78, 5) is 0. The average molecular weight is 229 g/mol. The Bertz CT molecular complexity index is 673. The molecule has 3 nitrogen and oxygen atoms in total. The molecule has 0 aliphatic heterocycles. The Kier molecular flexibility index (Phi) is 2.08. The van der Waals surface area contributed by atoms with Gasteiger partial charge in [0.25, 0.3) is 0 Å². The summed E-state index contributed by atoms with van der Waals surface area (Å²) in [7, 11) is 0. The zero-order chi connectivity index (χ0) is 11.8. The SMILES string of the molecule is Oc1ccc2noc(-c3ccc(F)cc3)c2c1. The lowest BCUT2D eigenvalue weighted by molar-refractivity contribution is 0.441. The Balaban J connectivity index is 2.23. The standard InChI is InChI=1S/C13H8FNO2/c14-9-3-1-8(2-4-9)13-11-7-10(16)5-6-12(11)15-17-13/h1-7,16H. The summed E-state index contributed by atoms with van der Waals surface area (Å²) in [6, 6.07) is 10.7. The van der Waals surface area contributed by atoms with E-state index < -0.39 is 0 Å². The lowest BCUT2D eigenvalue weighted by atomic mass is 10.1. The van der Waals surface area contributed by atoms with Gasteiger partial charge in [-0.1, -0.05) is 5.16 Å². The normalized spacial score (nSPS) is 10.9. The van der Waals surface area contributed by atoms with E-state index in [4.69, 9.17) is 4.52 Å². The molecule has 84 valence electrons. The molecule has 0 saturated carbocycles. The van der Waals surface area contributed by atoms with E-state index in [1.807, 2.05) is 0 Å². The van der Waals surface area contributed by atoms with Gasteiger partial charge in [0.2, 0.25) is 0 Å². The molecule has 0 aliphatic rings. The third-order valence-electron chi connectivity index (χ3n) is 2.57. The lowest BCUT2D eigenvalue weighted by Crippen LogP contribution is -1.77. The van der Waals surface area contributed by atoms with E-state index in [0.717, 1.165) is 5.56 Å². The third kappa shape index (κ3) is 1.63. The first kappa shape index (κ1) is 9.84. The van der Waals surface area contributed by atoms with Gasteiger partial charge in [-0.15, -0.1) is 0 Å². The monoisotopic (exact) mass is 229 g/mol. The molecule has 1 heterocycles. The van der Waals surface area contributed by atoms with E-state index in [0.29, 0.717) is 16.7 Å². The van der Waals surface area contributed by atoms with Crippen molar-refractivity contribution >= 4 is 10.9 Å². The predicted octanol–water partition coefficient (Wildman–Crippen LogP) is 3.34. The van der Waals surface area contributed by atoms with Crippen LogP contribution in [0.2, 0.25) is 0 Å². The van der Waals surface area contributed by atoms with Crippen LogP contribution in [0.3, 0.4) is 0 Å². The summed E-state index contributed by atoms with van der Waals surface area (Å²) in [6.07, 6.45) is 0. The summed E-state index contributed by atoms with van der Waals surface area (Å²) in [5.74, 6) is 0.361. The molecular formula is C13H8FNO2. The number of nitrogens with zero attached hydrogens (tertiary/aromatic N) is 1. The second-order valence-corrected chi connectivity index (χ2v) is 3.72. The molecule has 3 rings (SSSR count). The van der Waals surface area contributed by atoms with E-state index in [-0.39, 0.29) is 11.6 Å². The van der Waals surface area contributed by atoms with Crippen LogP contribution in [0.25, 0.3) is 22.2 Å². The van der Waals surface area contributed by atoms with E-state index in [1.54, 1.807) is 30.3 Å². The zero-order valence-corrected chi connectivity index (χ0v) is 8.72. The van der Waals surface area contributed by atoms with Crippen molar-refractivity contribution in [2.45, 2.75) is 0 Å². The maximum absolute atomic E-state index is 12.8. The van der Waals surface area contributed by atoms with Gasteiger partial charge in [-0.25, -0.2) is 4.39 Å². The smallest absolute Gasteiger partial charge is 0.174 e. The Morgan fingerprint density at radius 2 is 1.82 bits per heavy atom. The molecule has 1 aromatic heterocycles. The van der Waals surface area contributed by atoms with Crippen LogP contribution in [-0.4, -0.2) is 10.3 Å². The lowest BCUT2D eigenvalue weighted by Gasteiger charge is -1.96. The van der Waals surface area contributed by atoms with Crippen molar-refractivity contribution in [1.29, 1.82) is 0 Å². The molecule has 2 aromatic carbocycles. The van der Waals surface area contributed by atoms with Crippen LogP contribution in [0.15, 0.2) is 47.0 Å². The molecule has 0 spiro atoms. The number of phenols is 1. The first-order valence-corrected chi connectivity index (χ1v) is 5.08. The molecule has 0 bridgehead atoms. The minimum absolute atomic E-state index is 0.143. The van der Waals surface area contributed by atoms with Gasteiger partial charge < -0.3 is 9.63 Å². The summed E-state index contributed by atoms with van der Waals surface area (Å²) in [5, 5.41) is 14.0. The molecule has 0 unspecified atom stereocenters. The van der Waals surface area contributed by atoms with Gasteiger partial charge >= 0.3 is 0 Å². The molecule has 1 N–H and O–H groups in total. The Morgan fingerprint density at radius 3 is 2.59 bits per heavy atom. The summed E-state index contributed by atoms with van der Waals surface area (Å²) < 4.78 is 18.0. The summed E-state index contributed by atoms with van der Waals surface area (Å²) in [5.41, 5.74) is 1.38. The van der Waals surface area contributed by atoms with Crippen molar-refractivity contribution in [3.8, 4) is 17.1 Å². The highest BCUT2D eigenvalue weighted by Crippen LogP contribution is 2.30. The largest absolute Gasteiger partial charge is 0.508 e. The first-order chi connectivity index (χ1) is 8.24. The zero-order valence-electron chi connectivity index (χ0n) is 8.72. The quantitative estimate of drug-likeness (QED) is 0.696. The fourth-order valence-electron chi connectivity index (χ4n) is 1.74. The van der Waals surface area contributed by atoms with Gasteiger partial charge in [0.15, 0.2) is 5.76 Å². The number of halogens is 1. The second kappa shape index (κ2) is 3.59. The van der Waals surface area contributed by atoms with Gasteiger partial charge in [0, 0.05) is 5.56 Å². The molecule has 0 atom stereocenters. The maximum atomic E-state index is 12.8. The fraction of sp³-hybridized carbons (Fsp3) is 0. The van der Waals surface area contributed by atoms with Crippen LogP contribution in [0, 0.1) is 5.82 Å². The van der Waals surface area contributed by atoms with Crippen LogP contribution in [0.4, 0.5) is 4.39 Å². The average Bonchev–Trinajstić information content (AvgIpc) is 2.73. The number of fused-ring (bicyclic) bond motifs is 1. The van der Waals surface area contributed by atoms with Crippen LogP contribution in [0.5, 0.6) is 5.75 Å². The summed E-state index contributed by atoms with van der Waals surface area (Å²) in [6.45, 7) is 0. The van der Waals surface area contributed by atoms with E-state index >= 15 is 0 Å². The molecule has 0 radical (unpaired) electrons. The van der Waals surface area contributed by atoms with Crippen LogP contribution in [0.1, 0.15) is 0 Å². The molecule has 3 aromatic rings. The predicted molar refractivity (Wildman–Crippen MR) is 61.1 cm³/mol. The van der Waals surface area contributed by atoms with Crippen molar-refractivity contribution in [2.75, 3.05) is 0 Å². The van der Waals surface area contributed by atoms with Gasteiger partial charge in [0.1, 0.15) is 17.1 Å². The molecule has 0 aliphatic carbocycles. The van der Waals surface area contributed by atoms with Gasteiger partial charge in [0.05, 0.1) is 5.39 Å². The molecule has 17 heavy (non-hydrogen) atoms. The minimum Gasteiger partial charge on any atom is -0.508 e. The van der Waals surface area contributed by atoms with E-state index in [9.17, 15) is 9.50 Å². The highest BCUT2D eigenvalue weighted by molar-refractivity contribution is 5.92.